The van der Waals surface area contributed by atoms with Crippen molar-refractivity contribution in [3.8, 4) is 0 Å². The summed E-state index contributed by atoms with van der Waals surface area (Å²) in [6.07, 6.45) is 0.979. The lowest BCUT2D eigenvalue weighted by molar-refractivity contribution is -0.149. The zero-order chi connectivity index (χ0) is 12.9. The molecule has 0 aliphatic carbocycles. The first-order valence-corrected chi connectivity index (χ1v) is 7.37. The molecule has 0 spiro atoms. The molecule has 0 saturated carbocycles. The molecule has 1 heterocycles. The number of hydrogen-bond acceptors (Lipinski definition) is 5. The Hall–Kier alpha value is -0.660. The third kappa shape index (κ3) is 3.93. The van der Waals surface area contributed by atoms with E-state index in [0.717, 1.165) is 0 Å². The van der Waals surface area contributed by atoms with Gasteiger partial charge in [0, 0.05) is 13.1 Å². The van der Waals surface area contributed by atoms with Crippen LogP contribution in [0, 0.1) is 5.92 Å². The van der Waals surface area contributed by atoms with Gasteiger partial charge in [-0.1, -0.05) is 0 Å². The Balaban J connectivity index is 2.48. The predicted molar refractivity (Wildman–Crippen MR) is 61.8 cm³/mol. The van der Waals surface area contributed by atoms with Crippen LogP contribution in [0.2, 0.25) is 0 Å². The van der Waals surface area contributed by atoms with E-state index in [1.165, 1.54) is 4.31 Å². The molecule has 0 radical (unpaired) electrons. The molecule has 0 bridgehead atoms. The second kappa shape index (κ2) is 6.32. The third-order valence-corrected chi connectivity index (χ3v) is 4.67. The first-order chi connectivity index (χ1) is 8.01. The maximum Gasteiger partial charge on any atom is 0.309 e. The van der Waals surface area contributed by atoms with E-state index < -0.39 is 10.0 Å². The molecule has 0 aromatic heterocycles. The van der Waals surface area contributed by atoms with Crippen LogP contribution in [0.1, 0.15) is 19.8 Å². The number of carbonyl (C=O) groups is 1. The van der Waals surface area contributed by atoms with Crippen LogP contribution in [0.4, 0.5) is 0 Å². The van der Waals surface area contributed by atoms with Crippen molar-refractivity contribution in [1.29, 1.82) is 0 Å². The van der Waals surface area contributed by atoms with Crippen LogP contribution in [0.3, 0.4) is 0 Å². The van der Waals surface area contributed by atoms with Crippen molar-refractivity contribution in [1.82, 2.24) is 4.31 Å². The summed E-state index contributed by atoms with van der Waals surface area (Å²) in [7, 11) is -3.36. The lowest BCUT2D eigenvalue weighted by atomic mass is 9.98. The Kier molecular flexibility index (Phi) is 5.35. The summed E-state index contributed by atoms with van der Waals surface area (Å²) in [5, 5.41) is 8.66. The van der Waals surface area contributed by atoms with Crippen LogP contribution in [0.5, 0.6) is 0 Å². The predicted octanol–water partition coefficient (Wildman–Crippen LogP) is -0.416. The Labute approximate surface area is 102 Å². The summed E-state index contributed by atoms with van der Waals surface area (Å²) >= 11 is 0. The van der Waals surface area contributed by atoms with E-state index in [0.29, 0.717) is 32.5 Å². The summed E-state index contributed by atoms with van der Waals surface area (Å²) in [5.41, 5.74) is 0. The zero-order valence-electron chi connectivity index (χ0n) is 9.96. The van der Waals surface area contributed by atoms with E-state index >= 15 is 0 Å². The molecule has 1 N–H and O–H groups in total. The van der Waals surface area contributed by atoms with Gasteiger partial charge in [0.05, 0.1) is 24.9 Å². The number of nitrogens with zero attached hydrogens (tertiary/aromatic N) is 1. The summed E-state index contributed by atoms with van der Waals surface area (Å²) in [4.78, 5) is 11.4. The lowest BCUT2D eigenvalue weighted by Gasteiger charge is -2.29. The maximum absolute atomic E-state index is 11.6. The molecule has 1 saturated heterocycles. The second-order valence-corrected chi connectivity index (χ2v) is 6.05. The molecule has 0 amide bonds. The number of carbonyl (C=O) groups excluding carboxylic acids is 1. The van der Waals surface area contributed by atoms with Crippen LogP contribution < -0.4 is 0 Å². The topological polar surface area (TPSA) is 83.9 Å². The summed E-state index contributed by atoms with van der Waals surface area (Å²) in [5.74, 6) is -0.695. The number of rotatable bonds is 5. The minimum atomic E-state index is -3.36. The molecular formula is C10H19NO5S. The summed E-state index contributed by atoms with van der Waals surface area (Å²) in [6, 6.07) is 0. The van der Waals surface area contributed by atoms with Crippen molar-refractivity contribution in [2.45, 2.75) is 19.8 Å². The van der Waals surface area contributed by atoms with Gasteiger partial charge in [0.25, 0.3) is 0 Å². The first kappa shape index (κ1) is 14.4. The van der Waals surface area contributed by atoms with E-state index in [4.69, 9.17) is 9.84 Å². The van der Waals surface area contributed by atoms with E-state index in [1.807, 2.05) is 0 Å². The molecule has 1 aliphatic heterocycles. The van der Waals surface area contributed by atoms with Gasteiger partial charge in [-0.05, 0) is 19.8 Å². The fourth-order valence-corrected chi connectivity index (χ4v) is 3.13. The van der Waals surface area contributed by atoms with E-state index in [2.05, 4.69) is 0 Å². The highest BCUT2D eigenvalue weighted by atomic mass is 32.2. The monoisotopic (exact) mass is 265 g/mol. The molecular weight excluding hydrogens is 246 g/mol. The van der Waals surface area contributed by atoms with Crippen molar-refractivity contribution in [3.05, 3.63) is 0 Å². The number of esters is 1. The average molecular weight is 265 g/mol. The van der Waals surface area contributed by atoms with Crippen molar-refractivity contribution in [2.24, 2.45) is 5.92 Å². The van der Waals surface area contributed by atoms with Gasteiger partial charge >= 0.3 is 5.97 Å². The summed E-state index contributed by atoms with van der Waals surface area (Å²) in [6.45, 7) is 2.37. The van der Waals surface area contributed by atoms with Gasteiger partial charge < -0.3 is 9.84 Å². The molecule has 0 aromatic carbocycles. The van der Waals surface area contributed by atoms with Gasteiger partial charge in [-0.15, -0.1) is 0 Å². The highest BCUT2D eigenvalue weighted by molar-refractivity contribution is 7.89. The van der Waals surface area contributed by atoms with Gasteiger partial charge in [0.15, 0.2) is 0 Å². The fourth-order valence-electron chi connectivity index (χ4n) is 1.87. The fraction of sp³-hybridized carbons (Fsp3) is 0.900. The van der Waals surface area contributed by atoms with Crippen LogP contribution in [-0.2, 0) is 19.6 Å². The Morgan fingerprint density at radius 2 is 2.00 bits per heavy atom. The number of ether oxygens (including phenoxy) is 1. The molecule has 0 atom stereocenters. The normalized spacial score (nSPS) is 19.2. The molecule has 1 fully saturated rings. The van der Waals surface area contributed by atoms with E-state index in [9.17, 15) is 13.2 Å². The lowest BCUT2D eigenvalue weighted by Crippen LogP contribution is -2.42. The van der Waals surface area contributed by atoms with Crippen LogP contribution in [0.15, 0.2) is 0 Å². The van der Waals surface area contributed by atoms with Crippen LogP contribution in [0.25, 0.3) is 0 Å². The van der Waals surface area contributed by atoms with Gasteiger partial charge in [-0.2, -0.15) is 0 Å². The second-order valence-electron chi connectivity index (χ2n) is 3.96. The van der Waals surface area contributed by atoms with Crippen molar-refractivity contribution in [2.75, 3.05) is 32.1 Å². The Morgan fingerprint density at radius 1 is 1.41 bits per heavy atom. The van der Waals surface area contributed by atoms with Crippen LogP contribution >= 0.6 is 0 Å². The number of aliphatic hydroxyl groups excluding tert-OH is 1. The molecule has 0 aromatic rings. The molecule has 1 rings (SSSR count). The third-order valence-electron chi connectivity index (χ3n) is 2.82. The first-order valence-electron chi connectivity index (χ1n) is 5.76. The van der Waals surface area contributed by atoms with Gasteiger partial charge in [-0.3, -0.25) is 4.79 Å². The standard InChI is InChI=1S/C10H19NO5S/c1-2-16-10(13)9-3-5-11(6-4-9)17(14,15)8-7-12/h9,12H,2-8H2,1H3. The molecule has 17 heavy (non-hydrogen) atoms. The van der Waals surface area contributed by atoms with Gasteiger partial charge in [-0.25, -0.2) is 12.7 Å². The minimum Gasteiger partial charge on any atom is -0.466 e. The summed E-state index contributed by atoms with van der Waals surface area (Å²) < 4.78 is 29.5. The zero-order valence-corrected chi connectivity index (χ0v) is 10.8. The average Bonchev–Trinajstić information content (AvgIpc) is 2.29. The maximum atomic E-state index is 11.6. The highest BCUT2D eigenvalue weighted by Crippen LogP contribution is 2.20. The Morgan fingerprint density at radius 3 is 2.47 bits per heavy atom. The Bertz CT molecular complexity index is 346. The number of piperidine rings is 1. The van der Waals surface area contributed by atoms with Crippen molar-refractivity contribution in [3.63, 3.8) is 0 Å². The number of sulfonamides is 1. The largest absolute Gasteiger partial charge is 0.466 e. The number of aliphatic hydroxyl groups is 1. The van der Waals surface area contributed by atoms with Gasteiger partial charge in [0.1, 0.15) is 0 Å². The molecule has 100 valence electrons. The molecule has 7 heteroatoms. The smallest absolute Gasteiger partial charge is 0.309 e. The number of hydrogen-bond donors (Lipinski definition) is 1. The minimum absolute atomic E-state index is 0.199. The molecule has 6 nitrogen and oxygen atoms in total. The SMILES string of the molecule is CCOC(=O)C1CCN(S(=O)(=O)CCO)CC1. The highest BCUT2D eigenvalue weighted by Gasteiger charge is 2.31. The molecule has 1 aliphatic rings. The van der Waals surface area contributed by atoms with Crippen LogP contribution in [-0.4, -0.2) is 55.9 Å². The molecule has 0 unspecified atom stereocenters. The van der Waals surface area contributed by atoms with Crippen molar-refractivity contribution < 1.29 is 23.1 Å². The van der Waals surface area contributed by atoms with E-state index in [-0.39, 0.29) is 24.2 Å². The van der Waals surface area contributed by atoms with E-state index in [1.54, 1.807) is 6.92 Å². The van der Waals surface area contributed by atoms with Crippen molar-refractivity contribution >= 4 is 16.0 Å². The van der Waals surface area contributed by atoms with Gasteiger partial charge in [0.2, 0.25) is 10.0 Å². The quantitative estimate of drug-likeness (QED) is 0.683.